The molecule has 5 nitrogen and oxygen atoms in total. The van der Waals surface area contributed by atoms with Crippen molar-refractivity contribution in [2.45, 2.75) is 64.3 Å². The second-order valence-electron chi connectivity index (χ2n) is 6.84. The summed E-state index contributed by atoms with van der Waals surface area (Å²) < 4.78 is 0. The highest BCUT2D eigenvalue weighted by Gasteiger charge is 2.21. The van der Waals surface area contributed by atoms with E-state index in [0.29, 0.717) is 22.8 Å². The van der Waals surface area contributed by atoms with Crippen molar-refractivity contribution in [3.05, 3.63) is 29.8 Å². The van der Waals surface area contributed by atoms with Crippen LogP contribution in [0.2, 0.25) is 0 Å². The standard InChI is InChI=1S/C20H29N3O2S/c1-3-4-14-18(24)22-20(26)23(2)17-13-9-8-12-16(17)19(25)21-15-10-6-5-7-11-15/h8-9,12-13,15H,3-7,10-11,14H2,1-2H3,(H,21,25)(H,22,24,26). The summed E-state index contributed by atoms with van der Waals surface area (Å²) in [6.07, 6.45) is 7.90. The molecule has 1 aliphatic rings. The van der Waals surface area contributed by atoms with E-state index >= 15 is 0 Å². The summed E-state index contributed by atoms with van der Waals surface area (Å²) in [4.78, 5) is 26.4. The van der Waals surface area contributed by atoms with Crippen molar-refractivity contribution in [3.63, 3.8) is 0 Å². The van der Waals surface area contributed by atoms with E-state index in [4.69, 9.17) is 12.2 Å². The smallest absolute Gasteiger partial charge is 0.253 e. The molecule has 0 radical (unpaired) electrons. The largest absolute Gasteiger partial charge is 0.349 e. The van der Waals surface area contributed by atoms with Crippen molar-refractivity contribution in [2.24, 2.45) is 0 Å². The van der Waals surface area contributed by atoms with Gasteiger partial charge in [0.1, 0.15) is 0 Å². The predicted octanol–water partition coefficient (Wildman–Crippen LogP) is 3.78. The van der Waals surface area contributed by atoms with Crippen LogP contribution in [0.3, 0.4) is 0 Å². The van der Waals surface area contributed by atoms with Gasteiger partial charge in [0.05, 0.1) is 11.3 Å². The number of hydrogen-bond acceptors (Lipinski definition) is 3. The molecule has 0 aromatic heterocycles. The maximum atomic E-state index is 12.8. The van der Waals surface area contributed by atoms with Gasteiger partial charge in [0.15, 0.2) is 5.11 Å². The summed E-state index contributed by atoms with van der Waals surface area (Å²) in [5.74, 6) is -0.174. The van der Waals surface area contributed by atoms with Crippen LogP contribution in [0.25, 0.3) is 0 Å². The normalized spacial score (nSPS) is 14.5. The van der Waals surface area contributed by atoms with Crippen LogP contribution >= 0.6 is 12.2 Å². The minimum absolute atomic E-state index is 0.0838. The van der Waals surface area contributed by atoms with Gasteiger partial charge in [-0.3, -0.25) is 9.59 Å². The van der Waals surface area contributed by atoms with Crippen molar-refractivity contribution in [1.29, 1.82) is 0 Å². The van der Waals surface area contributed by atoms with Crippen LogP contribution in [0.15, 0.2) is 24.3 Å². The van der Waals surface area contributed by atoms with Gasteiger partial charge in [-0.25, -0.2) is 0 Å². The lowest BCUT2D eigenvalue weighted by molar-refractivity contribution is -0.119. The molecule has 0 heterocycles. The summed E-state index contributed by atoms with van der Waals surface area (Å²) in [6.45, 7) is 2.04. The van der Waals surface area contributed by atoms with Crippen LogP contribution in [-0.4, -0.2) is 30.0 Å². The molecule has 142 valence electrons. The van der Waals surface area contributed by atoms with E-state index < -0.39 is 0 Å². The maximum Gasteiger partial charge on any atom is 0.253 e. The zero-order valence-corrected chi connectivity index (χ0v) is 16.5. The first-order valence-corrected chi connectivity index (χ1v) is 9.91. The summed E-state index contributed by atoms with van der Waals surface area (Å²) in [6, 6.07) is 7.60. The van der Waals surface area contributed by atoms with E-state index in [1.165, 1.54) is 19.3 Å². The molecule has 1 fully saturated rings. The fourth-order valence-corrected chi connectivity index (χ4v) is 3.39. The molecule has 6 heteroatoms. The highest BCUT2D eigenvalue weighted by molar-refractivity contribution is 7.80. The van der Waals surface area contributed by atoms with Crippen LogP contribution in [0, 0.1) is 0 Å². The quantitative estimate of drug-likeness (QED) is 0.743. The zero-order chi connectivity index (χ0) is 18.9. The number of unbranched alkanes of at least 4 members (excludes halogenated alkanes) is 1. The second kappa shape index (κ2) is 10.3. The number of para-hydroxylation sites is 1. The Morgan fingerprint density at radius 1 is 1.19 bits per heavy atom. The molecule has 2 amide bonds. The summed E-state index contributed by atoms with van der Waals surface area (Å²) in [5.41, 5.74) is 1.27. The Hall–Kier alpha value is -1.95. The van der Waals surface area contributed by atoms with Gasteiger partial charge in [-0.2, -0.15) is 0 Å². The molecule has 26 heavy (non-hydrogen) atoms. The lowest BCUT2D eigenvalue weighted by atomic mass is 9.95. The van der Waals surface area contributed by atoms with Gasteiger partial charge in [-0.05, 0) is 43.6 Å². The average Bonchev–Trinajstić information content (AvgIpc) is 2.66. The van der Waals surface area contributed by atoms with Crippen LogP contribution in [0.5, 0.6) is 0 Å². The van der Waals surface area contributed by atoms with Crippen molar-refractivity contribution >= 4 is 34.8 Å². The zero-order valence-electron chi connectivity index (χ0n) is 15.7. The third kappa shape index (κ3) is 5.80. The second-order valence-corrected chi connectivity index (χ2v) is 7.23. The summed E-state index contributed by atoms with van der Waals surface area (Å²) >= 11 is 5.36. The molecule has 2 rings (SSSR count). The number of amides is 2. The van der Waals surface area contributed by atoms with Gasteiger partial charge in [-0.15, -0.1) is 0 Å². The van der Waals surface area contributed by atoms with Crippen molar-refractivity contribution in [2.75, 3.05) is 11.9 Å². The van der Waals surface area contributed by atoms with Gasteiger partial charge in [0.25, 0.3) is 5.91 Å². The minimum Gasteiger partial charge on any atom is -0.349 e. The fraction of sp³-hybridized carbons (Fsp3) is 0.550. The van der Waals surface area contributed by atoms with E-state index in [1.807, 2.05) is 25.1 Å². The van der Waals surface area contributed by atoms with Crippen molar-refractivity contribution < 1.29 is 9.59 Å². The number of thiocarbonyl (C=S) groups is 1. The Morgan fingerprint density at radius 2 is 1.88 bits per heavy atom. The average molecular weight is 376 g/mol. The van der Waals surface area contributed by atoms with Gasteiger partial charge in [0.2, 0.25) is 5.91 Å². The number of nitrogens with one attached hydrogen (secondary N) is 2. The van der Waals surface area contributed by atoms with Crippen molar-refractivity contribution in [3.8, 4) is 0 Å². The van der Waals surface area contributed by atoms with Crippen LogP contribution in [0.4, 0.5) is 5.69 Å². The number of hydrogen-bond donors (Lipinski definition) is 2. The molecular formula is C20H29N3O2S. The van der Waals surface area contributed by atoms with Gasteiger partial charge >= 0.3 is 0 Å². The highest BCUT2D eigenvalue weighted by Crippen LogP contribution is 2.22. The molecule has 0 aliphatic heterocycles. The molecule has 2 N–H and O–H groups in total. The Balaban J connectivity index is 2.05. The number of carbonyl (C=O) groups excluding carboxylic acids is 2. The third-order valence-corrected chi connectivity index (χ3v) is 5.13. The molecule has 0 unspecified atom stereocenters. The van der Waals surface area contributed by atoms with Crippen LogP contribution in [-0.2, 0) is 4.79 Å². The van der Waals surface area contributed by atoms with E-state index in [1.54, 1.807) is 18.0 Å². The fourth-order valence-electron chi connectivity index (χ4n) is 3.18. The number of rotatable bonds is 6. The third-order valence-electron chi connectivity index (χ3n) is 4.76. The van der Waals surface area contributed by atoms with E-state index in [9.17, 15) is 9.59 Å². The first-order chi connectivity index (χ1) is 12.5. The Bertz CT molecular complexity index is 642. The van der Waals surface area contributed by atoms with E-state index in [0.717, 1.165) is 25.7 Å². The Kier molecular flexibility index (Phi) is 8.04. The highest BCUT2D eigenvalue weighted by atomic mass is 32.1. The number of nitrogens with zero attached hydrogens (tertiary/aromatic N) is 1. The molecule has 0 spiro atoms. The molecule has 1 saturated carbocycles. The Labute approximate surface area is 161 Å². The lowest BCUT2D eigenvalue weighted by Crippen LogP contribution is -2.42. The van der Waals surface area contributed by atoms with Crippen LogP contribution < -0.4 is 15.5 Å². The SMILES string of the molecule is CCCCC(=O)NC(=S)N(C)c1ccccc1C(=O)NC1CCCCC1. The molecular weight excluding hydrogens is 346 g/mol. The van der Waals surface area contributed by atoms with Gasteiger partial charge in [0, 0.05) is 19.5 Å². The molecule has 1 aromatic carbocycles. The molecule has 0 atom stereocenters. The first kappa shape index (κ1) is 20.4. The predicted molar refractivity (Wildman–Crippen MR) is 109 cm³/mol. The summed E-state index contributed by atoms with van der Waals surface area (Å²) in [7, 11) is 1.77. The minimum atomic E-state index is -0.0900. The Morgan fingerprint density at radius 3 is 2.58 bits per heavy atom. The maximum absolute atomic E-state index is 12.8. The number of benzene rings is 1. The monoisotopic (exact) mass is 375 g/mol. The molecule has 0 saturated heterocycles. The van der Waals surface area contributed by atoms with Gasteiger partial charge in [-0.1, -0.05) is 44.7 Å². The molecule has 1 aromatic rings. The number of carbonyl (C=O) groups is 2. The van der Waals surface area contributed by atoms with Crippen LogP contribution in [0.1, 0.15) is 68.6 Å². The molecule has 0 bridgehead atoms. The van der Waals surface area contributed by atoms with Gasteiger partial charge < -0.3 is 15.5 Å². The number of anilines is 1. The summed E-state index contributed by atoms with van der Waals surface area (Å²) in [5, 5.41) is 6.20. The van der Waals surface area contributed by atoms with E-state index in [-0.39, 0.29) is 17.9 Å². The first-order valence-electron chi connectivity index (χ1n) is 9.50. The lowest BCUT2D eigenvalue weighted by Gasteiger charge is -2.26. The molecule has 1 aliphatic carbocycles. The topological polar surface area (TPSA) is 61.4 Å². The van der Waals surface area contributed by atoms with Crippen molar-refractivity contribution in [1.82, 2.24) is 10.6 Å². The van der Waals surface area contributed by atoms with E-state index in [2.05, 4.69) is 10.6 Å².